The van der Waals surface area contributed by atoms with Crippen LogP contribution in [0.5, 0.6) is 0 Å². The summed E-state index contributed by atoms with van der Waals surface area (Å²) in [6, 6.07) is 7.98. The van der Waals surface area contributed by atoms with E-state index in [1.54, 1.807) is 0 Å². The van der Waals surface area contributed by atoms with Gasteiger partial charge in [0, 0.05) is 43.4 Å². The standard InChI is InChI=1S/C22H30ClN3O3S.3ClH/c23-18-4-3-5-19(15-18)25-12-10-24(11-13-25)8-1-2-9-26-22(27)20-16-6-7-17(14-16)21(20)30(26,28)29;;;/h3-5,15-17,20-21H,1-2,6-14H2;3*1H. The normalized spacial score (nSPS) is 29.8. The molecule has 11 heteroatoms. The molecule has 0 N–H and O–H groups in total. The second-order valence-corrected chi connectivity index (χ2v) is 11.7. The minimum absolute atomic E-state index is 0. The number of fused-ring (bicyclic) bond motifs is 5. The Balaban J connectivity index is 0.00000128. The highest BCUT2D eigenvalue weighted by Gasteiger charge is 2.63. The zero-order valence-electron chi connectivity index (χ0n) is 18.5. The summed E-state index contributed by atoms with van der Waals surface area (Å²) in [5.41, 5.74) is 1.17. The van der Waals surface area contributed by atoms with Crippen LogP contribution >= 0.6 is 48.8 Å². The summed E-state index contributed by atoms with van der Waals surface area (Å²) in [7, 11) is -3.44. The van der Waals surface area contributed by atoms with Gasteiger partial charge in [-0.05, 0) is 68.7 Å². The molecule has 0 aromatic heterocycles. The fourth-order valence-electron chi connectivity index (χ4n) is 6.18. The Kier molecular flexibility index (Phi) is 10.1. The highest BCUT2D eigenvalue weighted by atomic mass is 35.5. The van der Waals surface area contributed by atoms with E-state index in [4.69, 9.17) is 11.6 Å². The van der Waals surface area contributed by atoms with E-state index in [1.807, 2.05) is 18.2 Å². The van der Waals surface area contributed by atoms with E-state index in [0.29, 0.717) is 12.5 Å². The second-order valence-electron chi connectivity index (χ2n) is 9.29. The lowest BCUT2D eigenvalue weighted by molar-refractivity contribution is -0.130. The molecule has 4 unspecified atom stereocenters. The quantitative estimate of drug-likeness (QED) is 0.490. The van der Waals surface area contributed by atoms with Crippen LogP contribution in [0.4, 0.5) is 5.69 Å². The lowest BCUT2D eigenvalue weighted by Crippen LogP contribution is -2.46. The van der Waals surface area contributed by atoms with Gasteiger partial charge >= 0.3 is 0 Å². The first-order valence-electron chi connectivity index (χ1n) is 11.2. The molecule has 2 saturated carbocycles. The molecule has 5 rings (SSSR count). The van der Waals surface area contributed by atoms with Gasteiger partial charge in [-0.25, -0.2) is 12.7 Å². The minimum Gasteiger partial charge on any atom is -0.369 e. The molecule has 4 fully saturated rings. The lowest BCUT2D eigenvalue weighted by atomic mass is 9.88. The molecule has 2 saturated heterocycles. The third kappa shape index (κ3) is 5.39. The van der Waals surface area contributed by atoms with E-state index < -0.39 is 15.3 Å². The van der Waals surface area contributed by atoms with Gasteiger partial charge in [-0.3, -0.25) is 9.69 Å². The molecular formula is C22H33Cl4N3O3S. The number of nitrogens with zero attached hydrogens (tertiary/aromatic N) is 3. The van der Waals surface area contributed by atoms with Gasteiger partial charge in [0.05, 0.1) is 11.2 Å². The minimum atomic E-state index is -3.44. The maximum atomic E-state index is 12.9. The van der Waals surface area contributed by atoms with E-state index in [0.717, 1.165) is 69.9 Å². The van der Waals surface area contributed by atoms with Gasteiger partial charge in [0.25, 0.3) is 0 Å². The largest absolute Gasteiger partial charge is 0.369 e. The fourth-order valence-corrected chi connectivity index (χ4v) is 8.86. The Labute approximate surface area is 220 Å². The Hall–Kier alpha value is -0.440. The number of anilines is 1. The van der Waals surface area contributed by atoms with Crippen LogP contribution in [-0.4, -0.2) is 68.0 Å². The summed E-state index contributed by atoms with van der Waals surface area (Å²) < 4.78 is 27.1. The number of unbranched alkanes of at least 4 members (excludes halogenated alkanes) is 1. The first-order chi connectivity index (χ1) is 14.4. The molecule has 4 aliphatic rings. The summed E-state index contributed by atoms with van der Waals surface area (Å²) in [5, 5.41) is 0.349. The predicted molar refractivity (Wildman–Crippen MR) is 140 cm³/mol. The van der Waals surface area contributed by atoms with Crippen LogP contribution in [0.2, 0.25) is 5.02 Å². The Morgan fingerprint density at radius 1 is 0.939 bits per heavy atom. The van der Waals surface area contributed by atoms with Crippen LogP contribution in [0.3, 0.4) is 0 Å². The van der Waals surface area contributed by atoms with Crippen molar-refractivity contribution >= 4 is 70.4 Å². The Morgan fingerprint density at radius 3 is 2.27 bits per heavy atom. The summed E-state index contributed by atoms with van der Waals surface area (Å²) in [5.74, 6) is 0.175. The van der Waals surface area contributed by atoms with Crippen molar-refractivity contribution < 1.29 is 13.2 Å². The van der Waals surface area contributed by atoms with Crippen molar-refractivity contribution in [1.82, 2.24) is 9.21 Å². The van der Waals surface area contributed by atoms with Gasteiger partial charge in [0.15, 0.2) is 0 Å². The number of hydrogen-bond donors (Lipinski definition) is 0. The number of carbonyl (C=O) groups is 1. The van der Waals surface area contributed by atoms with Crippen LogP contribution in [0.1, 0.15) is 32.1 Å². The molecule has 33 heavy (non-hydrogen) atoms. The number of sulfonamides is 1. The van der Waals surface area contributed by atoms with Gasteiger partial charge in [-0.2, -0.15) is 0 Å². The van der Waals surface area contributed by atoms with Crippen LogP contribution in [0.15, 0.2) is 24.3 Å². The second kappa shape index (κ2) is 11.5. The molecule has 0 radical (unpaired) electrons. The number of amides is 1. The molecule has 6 nitrogen and oxygen atoms in total. The summed E-state index contributed by atoms with van der Waals surface area (Å²) in [6.45, 7) is 5.21. The molecule has 0 spiro atoms. The lowest BCUT2D eigenvalue weighted by Gasteiger charge is -2.36. The van der Waals surface area contributed by atoms with E-state index in [9.17, 15) is 13.2 Å². The zero-order chi connectivity index (χ0) is 20.9. The first kappa shape index (κ1) is 28.8. The summed E-state index contributed by atoms with van der Waals surface area (Å²) in [6.07, 6.45) is 4.61. The van der Waals surface area contributed by atoms with E-state index in [-0.39, 0.29) is 55.0 Å². The molecular weight excluding hydrogens is 528 g/mol. The molecule has 2 bridgehead atoms. The molecule has 4 atom stereocenters. The van der Waals surface area contributed by atoms with Gasteiger partial charge in [0.1, 0.15) is 0 Å². The van der Waals surface area contributed by atoms with Crippen molar-refractivity contribution in [1.29, 1.82) is 0 Å². The maximum absolute atomic E-state index is 12.9. The van der Waals surface area contributed by atoms with Gasteiger partial charge in [0.2, 0.25) is 15.9 Å². The van der Waals surface area contributed by atoms with Crippen molar-refractivity contribution in [2.45, 2.75) is 37.4 Å². The smallest absolute Gasteiger partial charge is 0.241 e. The average Bonchev–Trinajstić information content (AvgIpc) is 3.40. The van der Waals surface area contributed by atoms with Gasteiger partial charge in [-0.15, -0.1) is 37.2 Å². The molecule has 2 aliphatic carbocycles. The van der Waals surface area contributed by atoms with E-state index in [1.165, 1.54) is 9.99 Å². The maximum Gasteiger partial charge on any atom is 0.241 e. The SMILES string of the molecule is Cl.Cl.Cl.O=C1C2C3CCC(C3)C2S(=O)(=O)N1CCCCN1CCN(c2cccc(Cl)c2)CC1. The number of rotatable bonds is 6. The number of hydrogen-bond acceptors (Lipinski definition) is 5. The van der Waals surface area contributed by atoms with Crippen molar-refractivity contribution in [3.8, 4) is 0 Å². The molecule has 188 valence electrons. The highest BCUT2D eigenvalue weighted by Crippen LogP contribution is 2.55. The first-order valence-corrected chi connectivity index (χ1v) is 13.1. The topological polar surface area (TPSA) is 60.9 Å². The Bertz CT molecular complexity index is 927. The molecule has 1 aromatic rings. The Morgan fingerprint density at radius 2 is 1.61 bits per heavy atom. The molecule has 2 aliphatic heterocycles. The fraction of sp³-hybridized carbons (Fsp3) is 0.682. The van der Waals surface area contributed by atoms with Crippen molar-refractivity contribution in [3.63, 3.8) is 0 Å². The van der Waals surface area contributed by atoms with Gasteiger partial charge in [-0.1, -0.05) is 17.7 Å². The van der Waals surface area contributed by atoms with Crippen molar-refractivity contribution in [2.75, 3.05) is 44.2 Å². The number of halogens is 4. The van der Waals surface area contributed by atoms with Crippen LogP contribution in [-0.2, 0) is 14.8 Å². The predicted octanol–water partition coefficient (Wildman–Crippen LogP) is 4.09. The summed E-state index contributed by atoms with van der Waals surface area (Å²) in [4.78, 5) is 17.6. The number of benzene rings is 1. The van der Waals surface area contributed by atoms with Crippen LogP contribution < -0.4 is 4.90 Å². The molecule has 2 heterocycles. The summed E-state index contributed by atoms with van der Waals surface area (Å²) >= 11 is 6.10. The number of carbonyl (C=O) groups excluding carboxylic acids is 1. The third-order valence-electron chi connectivity index (χ3n) is 7.65. The highest BCUT2D eigenvalue weighted by molar-refractivity contribution is 7.90. The van der Waals surface area contributed by atoms with Crippen molar-refractivity contribution in [2.24, 2.45) is 17.8 Å². The van der Waals surface area contributed by atoms with E-state index >= 15 is 0 Å². The van der Waals surface area contributed by atoms with E-state index in [2.05, 4.69) is 15.9 Å². The average molecular weight is 561 g/mol. The number of piperazine rings is 1. The molecule has 1 amide bonds. The zero-order valence-corrected chi connectivity index (χ0v) is 22.5. The molecule has 1 aromatic carbocycles. The van der Waals surface area contributed by atoms with Crippen LogP contribution in [0, 0.1) is 17.8 Å². The van der Waals surface area contributed by atoms with Crippen LogP contribution in [0.25, 0.3) is 0 Å². The monoisotopic (exact) mass is 559 g/mol. The third-order valence-corrected chi connectivity index (χ3v) is 10.2. The van der Waals surface area contributed by atoms with Gasteiger partial charge < -0.3 is 4.90 Å². The van der Waals surface area contributed by atoms with Crippen molar-refractivity contribution in [3.05, 3.63) is 29.3 Å².